The lowest BCUT2D eigenvalue weighted by Gasteiger charge is -2.06. The lowest BCUT2D eigenvalue weighted by Crippen LogP contribution is -2.29. The maximum absolute atomic E-state index is 11.7. The van der Waals surface area contributed by atoms with Crippen LogP contribution in [0.25, 0.3) is 0 Å². The molecular weight excluding hydrogens is 276 g/mol. The quantitative estimate of drug-likeness (QED) is 0.834. The van der Waals surface area contributed by atoms with Crippen LogP contribution in [0.1, 0.15) is 5.56 Å². The van der Waals surface area contributed by atoms with Crippen molar-refractivity contribution in [3.63, 3.8) is 0 Å². The van der Waals surface area contributed by atoms with E-state index < -0.39 is 11.8 Å². The number of anilines is 2. The normalized spacial score (nSPS) is 9.90. The molecule has 0 radical (unpaired) electrons. The molecule has 0 spiro atoms. The SMILES string of the molecule is Cc1ccc(NC(=O)C(=O)Nc2ccc(Cl)cc2)cc1. The van der Waals surface area contributed by atoms with Gasteiger partial charge in [0.25, 0.3) is 0 Å². The number of carbonyl (C=O) groups excluding carboxylic acids is 2. The van der Waals surface area contributed by atoms with Gasteiger partial charge in [-0.2, -0.15) is 0 Å². The van der Waals surface area contributed by atoms with Crippen LogP contribution in [-0.4, -0.2) is 11.8 Å². The van der Waals surface area contributed by atoms with Crippen LogP contribution in [0.3, 0.4) is 0 Å². The Bertz CT molecular complexity index is 564. The number of amides is 2. The zero-order valence-corrected chi connectivity index (χ0v) is 11.6. The number of hydrogen-bond acceptors (Lipinski definition) is 2. The molecule has 0 aliphatic heterocycles. The van der Waals surface area contributed by atoms with Gasteiger partial charge in [-0.3, -0.25) is 9.59 Å². The van der Waals surface area contributed by atoms with Gasteiger partial charge in [0.15, 0.2) is 0 Å². The third kappa shape index (κ3) is 3.83. The van der Waals surface area contributed by atoms with E-state index in [1.54, 1.807) is 36.4 Å². The Morgan fingerprint density at radius 2 is 1.20 bits per heavy atom. The summed E-state index contributed by atoms with van der Waals surface area (Å²) in [5.41, 5.74) is 2.17. The fraction of sp³-hybridized carbons (Fsp3) is 0.0667. The summed E-state index contributed by atoms with van der Waals surface area (Å²) in [6.45, 7) is 1.94. The van der Waals surface area contributed by atoms with E-state index >= 15 is 0 Å². The van der Waals surface area contributed by atoms with Crippen molar-refractivity contribution < 1.29 is 9.59 Å². The van der Waals surface area contributed by atoms with Crippen LogP contribution in [0.4, 0.5) is 11.4 Å². The van der Waals surface area contributed by atoms with Gasteiger partial charge in [0.05, 0.1) is 0 Å². The highest BCUT2D eigenvalue weighted by Gasteiger charge is 2.13. The Labute approximate surface area is 121 Å². The molecule has 20 heavy (non-hydrogen) atoms. The second-order valence-electron chi connectivity index (χ2n) is 4.28. The van der Waals surface area contributed by atoms with Crippen molar-refractivity contribution in [3.05, 3.63) is 59.1 Å². The Morgan fingerprint density at radius 3 is 1.65 bits per heavy atom. The first kappa shape index (κ1) is 14.1. The summed E-state index contributed by atoms with van der Waals surface area (Å²) in [4.78, 5) is 23.4. The second-order valence-corrected chi connectivity index (χ2v) is 4.72. The fourth-order valence-electron chi connectivity index (χ4n) is 1.55. The van der Waals surface area contributed by atoms with E-state index in [0.717, 1.165) is 5.56 Å². The van der Waals surface area contributed by atoms with Crippen LogP contribution in [-0.2, 0) is 9.59 Å². The smallest absolute Gasteiger partial charge is 0.314 e. The van der Waals surface area contributed by atoms with Crippen LogP contribution in [0.15, 0.2) is 48.5 Å². The molecule has 0 saturated heterocycles. The maximum atomic E-state index is 11.7. The van der Waals surface area contributed by atoms with E-state index in [1.807, 2.05) is 19.1 Å². The predicted octanol–water partition coefficient (Wildman–Crippen LogP) is 3.23. The van der Waals surface area contributed by atoms with Crippen LogP contribution in [0.2, 0.25) is 5.02 Å². The van der Waals surface area contributed by atoms with E-state index in [0.29, 0.717) is 16.4 Å². The molecule has 2 N–H and O–H groups in total. The van der Waals surface area contributed by atoms with E-state index in [2.05, 4.69) is 10.6 Å². The van der Waals surface area contributed by atoms with Crippen LogP contribution < -0.4 is 10.6 Å². The molecule has 2 aromatic rings. The monoisotopic (exact) mass is 288 g/mol. The molecule has 0 heterocycles. The zero-order chi connectivity index (χ0) is 14.5. The summed E-state index contributed by atoms with van der Waals surface area (Å²) in [7, 11) is 0. The van der Waals surface area contributed by atoms with Gasteiger partial charge in [-0.1, -0.05) is 29.3 Å². The third-order valence-electron chi connectivity index (χ3n) is 2.62. The number of nitrogens with one attached hydrogen (secondary N) is 2. The molecule has 0 fully saturated rings. The topological polar surface area (TPSA) is 58.2 Å². The van der Waals surface area contributed by atoms with Gasteiger partial charge < -0.3 is 10.6 Å². The first-order valence-corrected chi connectivity index (χ1v) is 6.37. The fourth-order valence-corrected chi connectivity index (χ4v) is 1.67. The van der Waals surface area contributed by atoms with Crippen molar-refractivity contribution in [1.82, 2.24) is 0 Å². The Morgan fingerprint density at radius 1 is 0.800 bits per heavy atom. The molecule has 4 nitrogen and oxygen atoms in total. The number of aryl methyl sites for hydroxylation is 1. The van der Waals surface area contributed by atoms with Crippen molar-refractivity contribution in [2.45, 2.75) is 6.92 Å². The summed E-state index contributed by atoms with van der Waals surface area (Å²) in [5, 5.41) is 5.58. The number of carbonyl (C=O) groups is 2. The highest BCUT2D eigenvalue weighted by atomic mass is 35.5. The first-order chi connectivity index (χ1) is 9.54. The van der Waals surface area contributed by atoms with Crippen molar-refractivity contribution in [1.29, 1.82) is 0 Å². The molecule has 5 heteroatoms. The van der Waals surface area contributed by atoms with Gasteiger partial charge in [0, 0.05) is 16.4 Å². The lowest BCUT2D eigenvalue weighted by atomic mass is 10.2. The van der Waals surface area contributed by atoms with Crippen molar-refractivity contribution in [3.8, 4) is 0 Å². The Balaban J connectivity index is 1.96. The number of hydrogen-bond donors (Lipinski definition) is 2. The molecule has 0 saturated carbocycles. The van der Waals surface area contributed by atoms with Gasteiger partial charge in [0.1, 0.15) is 0 Å². The first-order valence-electron chi connectivity index (χ1n) is 5.99. The maximum Gasteiger partial charge on any atom is 0.314 e. The van der Waals surface area contributed by atoms with E-state index in [9.17, 15) is 9.59 Å². The molecule has 0 atom stereocenters. The summed E-state index contributed by atoms with van der Waals surface area (Å²) < 4.78 is 0. The molecule has 0 bridgehead atoms. The number of rotatable bonds is 2. The molecule has 0 aliphatic carbocycles. The van der Waals surface area contributed by atoms with Crippen LogP contribution in [0.5, 0.6) is 0 Å². The Hall–Kier alpha value is -2.33. The van der Waals surface area contributed by atoms with Gasteiger partial charge in [-0.05, 0) is 43.3 Å². The number of halogens is 1. The van der Waals surface area contributed by atoms with Crippen molar-refractivity contribution in [2.75, 3.05) is 10.6 Å². The second kappa shape index (κ2) is 6.21. The van der Waals surface area contributed by atoms with E-state index in [4.69, 9.17) is 11.6 Å². The molecule has 0 unspecified atom stereocenters. The van der Waals surface area contributed by atoms with Gasteiger partial charge in [0.2, 0.25) is 0 Å². The lowest BCUT2D eigenvalue weighted by molar-refractivity contribution is -0.132. The highest BCUT2D eigenvalue weighted by molar-refractivity contribution is 6.43. The van der Waals surface area contributed by atoms with Crippen molar-refractivity contribution in [2.24, 2.45) is 0 Å². The molecule has 2 aromatic carbocycles. The molecular formula is C15H13ClN2O2. The largest absolute Gasteiger partial charge is 0.318 e. The average Bonchev–Trinajstić information content (AvgIpc) is 2.44. The van der Waals surface area contributed by atoms with Gasteiger partial charge >= 0.3 is 11.8 Å². The zero-order valence-electron chi connectivity index (χ0n) is 10.8. The van der Waals surface area contributed by atoms with Crippen LogP contribution in [0, 0.1) is 6.92 Å². The van der Waals surface area contributed by atoms with E-state index in [1.165, 1.54) is 0 Å². The predicted molar refractivity (Wildman–Crippen MR) is 79.9 cm³/mol. The average molecular weight is 289 g/mol. The summed E-state index contributed by atoms with van der Waals surface area (Å²) in [6, 6.07) is 13.7. The minimum Gasteiger partial charge on any atom is -0.318 e. The molecule has 102 valence electrons. The van der Waals surface area contributed by atoms with Crippen LogP contribution >= 0.6 is 11.6 Å². The summed E-state index contributed by atoms with van der Waals surface area (Å²) in [6.07, 6.45) is 0. The van der Waals surface area contributed by atoms with Crippen molar-refractivity contribution >= 4 is 34.8 Å². The van der Waals surface area contributed by atoms with Gasteiger partial charge in [-0.25, -0.2) is 0 Å². The minimum atomic E-state index is -0.729. The molecule has 0 aromatic heterocycles. The Kier molecular flexibility index (Phi) is 4.38. The highest BCUT2D eigenvalue weighted by Crippen LogP contribution is 2.13. The third-order valence-corrected chi connectivity index (χ3v) is 2.87. The standard InChI is InChI=1S/C15H13ClN2O2/c1-10-2-6-12(7-3-10)17-14(19)15(20)18-13-8-4-11(16)5-9-13/h2-9H,1H3,(H,17,19)(H,18,20). The van der Waals surface area contributed by atoms with Gasteiger partial charge in [-0.15, -0.1) is 0 Å². The number of benzene rings is 2. The minimum absolute atomic E-state index is 0.512. The summed E-state index contributed by atoms with van der Waals surface area (Å²) in [5.74, 6) is -1.45. The summed E-state index contributed by atoms with van der Waals surface area (Å²) >= 11 is 5.74. The molecule has 2 amide bonds. The van der Waals surface area contributed by atoms with E-state index in [-0.39, 0.29) is 0 Å². The molecule has 2 rings (SSSR count). The molecule has 0 aliphatic rings.